The number of hydrogen-bond acceptors (Lipinski definition) is 6. The van der Waals surface area contributed by atoms with Gasteiger partial charge in [-0.1, -0.05) is 29.8 Å². The van der Waals surface area contributed by atoms with E-state index in [0.717, 1.165) is 55.9 Å². The number of nitrogens with zero attached hydrogens (tertiary/aromatic N) is 4. The van der Waals surface area contributed by atoms with Crippen LogP contribution in [0.25, 0.3) is 17.0 Å². The number of ether oxygens (including phenoxy) is 2. The number of fused-ring (bicyclic) bond motifs is 2. The molecule has 230 valence electrons. The number of aromatic carboxylic acids is 1. The Morgan fingerprint density at radius 2 is 1.93 bits per heavy atom. The summed E-state index contributed by atoms with van der Waals surface area (Å²) in [5, 5.41) is 9.87. The standard InChI is InChI=1S/C33H29ClF2N4O4Si/c34-19-4-5-21(23(35)13-19)27-14-24(36)22-3-1-2-20(29(22)44-27)17-6-9-39(10-7-17)16-28-38-31-25(12-18(15-37-31)33(41)42)40(28)32-30(45-32)26-8-11-43-26/h1-5,12-15,17,26-27,30,32H,6-11,16H2,(H,41,42). The predicted octanol–water partition coefficient (Wildman–Crippen LogP) is 6.54. The highest BCUT2D eigenvalue weighted by molar-refractivity contribution is 6.53. The molecule has 0 bridgehead atoms. The number of benzene rings is 2. The van der Waals surface area contributed by atoms with Crippen molar-refractivity contribution in [3.8, 4) is 5.75 Å². The molecule has 12 heteroatoms. The summed E-state index contributed by atoms with van der Waals surface area (Å²) in [6.07, 6.45) is 4.77. The molecular weight excluding hydrogens is 618 g/mol. The van der Waals surface area contributed by atoms with E-state index >= 15 is 4.39 Å². The zero-order valence-corrected chi connectivity index (χ0v) is 25.9. The van der Waals surface area contributed by atoms with Crippen molar-refractivity contribution in [2.45, 2.75) is 55.1 Å². The Labute approximate surface area is 265 Å². The van der Waals surface area contributed by atoms with Crippen LogP contribution >= 0.6 is 11.6 Å². The maximum atomic E-state index is 15.3. The van der Waals surface area contributed by atoms with Crippen molar-refractivity contribution >= 4 is 44.1 Å². The molecule has 6 heterocycles. The minimum atomic E-state index is -1.01. The normalized spacial score (nSPS) is 24.9. The first-order valence-electron chi connectivity index (χ1n) is 15.2. The number of para-hydroxylation sites is 1. The molecular formula is C33H29ClF2N4O4Si. The fraction of sp³-hybridized carbons (Fsp3) is 0.364. The Morgan fingerprint density at radius 3 is 2.67 bits per heavy atom. The van der Waals surface area contributed by atoms with Gasteiger partial charge in [0.05, 0.1) is 38.8 Å². The number of carbonyl (C=O) groups is 1. The lowest BCUT2D eigenvalue weighted by Crippen LogP contribution is -2.33. The Kier molecular flexibility index (Phi) is 7.24. The molecule has 0 saturated carbocycles. The average molecular weight is 647 g/mol. The fourth-order valence-electron chi connectivity index (χ4n) is 6.86. The lowest BCUT2D eigenvalue weighted by atomic mass is 9.86. The van der Waals surface area contributed by atoms with E-state index in [9.17, 15) is 14.3 Å². The number of carboxylic acid groups (broad SMARTS) is 1. The van der Waals surface area contributed by atoms with Gasteiger partial charge < -0.3 is 19.1 Å². The molecule has 0 amide bonds. The first-order chi connectivity index (χ1) is 21.8. The second kappa shape index (κ2) is 11.3. The van der Waals surface area contributed by atoms with Crippen LogP contribution < -0.4 is 4.74 Å². The van der Waals surface area contributed by atoms with Crippen molar-refractivity contribution in [1.29, 1.82) is 0 Å². The Bertz CT molecular complexity index is 1860. The molecule has 1 N–H and O–H groups in total. The van der Waals surface area contributed by atoms with Gasteiger partial charge in [-0.15, -0.1) is 0 Å². The monoisotopic (exact) mass is 646 g/mol. The molecule has 8 nitrogen and oxygen atoms in total. The summed E-state index contributed by atoms with van der Waals surface area (Å²) in [4.78, 5) is 23.3. The van der Waals surface area contributed by atoms with E-state index in [2.05, 4.69) is 14.5 Å². The van der Waals surface area contributed by atoms with Gasteiger partial charge in [-0.25, -0.2) is 23.5 Å². The van der Waals surface area contributed by atoms with E-state index in [4.69, 9.17) is 26.1 Å². The van der Waals surface area contributed by atoms with Gasteiger partial charge in [0.1, 0.15) is 29.3 Å². The number of aromatic nitrogens is 3. The van der Waals surface area contributed by atoms with Gasteiger partial charge in [0.15, 0.2) is 5.65 Å². The third kappa shape index (κ3) is 5.25. The van der Waals surface area contributed by atoms with Crippen LogP contribution in [0.3, 0.4) is 0 Å². The highest BCUT2D eigenvalue weighted by atomic mass is 35.5. The zero-order chi connectivity index (χ0) is 30.8. The molecule has 0 aliphatic carbocycles. The fourth-order valence-corrected chi connectivity index (χ4v) is 8.58. The molecule has 2 aromatic carbocycles. The van der Waals surface area contributed by atoms with Crippen LogP contribution in [0.2, 0.25) is 10.6 Å². The molecule has 8 rings (SSSR count). The molecule has 45 heavy (non-hydrogen) atoms. The minimum absolute atomic E-state index is 0.140. The van der Waals surface area contributed by atoms with Crippen LogP contribution in [0.15, 0.2) is 54.7 Å². The maximum absolute atomic E-state index is 15.3. The molecule has 4 aromatic rings. The topological polar surface area (TPSA) is 89.7 Å². The van der Waals surface area contributed by atoms with E-state index in [1.54, 1.807) is 18.2 Å². The maximum Gasteiger partial charge on any atom is 0.337 e. The van der Waals surface area contributed by atoms with E-state index in [1.165, 1.54) is 24.4 Å². The predicted molar refractivity (Wildman–Crippen MR) is 165 cm³/mol. The summed E-state index contributed by atoms with van der Waals surface area (Å²) >= 11 is 5.94. The van der Waals surface area contributed by atoms with Crippen LogP contribution in [-0.2, 0) is 11.3 Å². The molecule has 4 unspecified atom stereocenters. The third-order valence-corrected chi connectivity index (χ3v) is 11.3. The van der Waals surface area contributed by atoms with Crippen LogP contribution in [0, 0.1) is 5.82 Å². The number of carboxylic acids is 1. The summed E-state index contributed by atoms with van der Waals surface area (Å²) in [6, 6.07) is 11.5. The van der Waals surface area contributed by atoms with Crippen molar-refractivity contribution in [3.63, 3.8) is 0 Å². The summed E-state index contributed by atoms with van der Waals surface area (Å²) < 4.78 is 44.3. The Morgan fingerprint density at radius 1 is 1.11 bits per heavy atom. The third-order valence-electron chi connectivity index (χ3n) is 9.38. The minimum Gasteiger partial charge on any atom is -0.480 e. The van der Waals surface area contributed by atoms with Gasteiger partial charge >= 0.3 is 5.97 Å². The van der Waals surface area contributed by atoms with Crippen molar-refractivity contribution < 1.29 is 28.2 Å². The van der Waals surface area contributed by atoms with Gasteiger partial charge in [-0.05, 0) is 79.7 Å². The van der Waals surface area contributed by atoms with E-state index in [0.29, 0.717) is 38.6 Å². The van der Waals surface area contributed by atoms with Gasteiger partial charge in [0.25, 0.3) is 0 Å². The molecule has 2 aromatic heterocycles. The van der Waals surface area contributed by atoms with Crippen molar-refractivity contribution in [2.24, 2.45) is 0 Å². The molecule has 4 aliphatic heterocycles. The number of rotatable bonds is 7. The average Bonchev–Trinajstić information content (AvgIpc) is 3.67. The van der Waals surface area contributed by atoms with Crippen LogP contribution in [0.4, 0.5) is 8.78 Å². The number of pyridine rings is 1. The summed E-state index contributed by atoms with van der Waals surface area (Å²) in [6.45, 7) is 3.00. The number of imidazole rings is 1. The van der Waals surface area contributed by atoms with Crippen molar-refractivity contribution in [3.05, 3.63) is 93.7 Å². The van der Waals surface area contributed by atoms with Crippen molar-refractivity contribution in [1.82, 2.24) is 19.4 Å². The molecule has 3 fully saturated rings. The molecule has 2 radical (unpaired) electrons. The molecule has 4 atom stereocenters. The van der Waals surface area contributed by atoms with E-state index < -0.39 is 23.7 Å². The lowest BCUT2D eigenvalue weighted by Gasteiger charge is -2.34. The zero-order valence-electron chi connectivity index (χ0n) is 24.1. The van der Waals surface area contributed by atoms with Gasteiger partial charge in [-0.3, -0.25) is 4.90 Å². The highest BCUT2D eigenvalue weighted by Crippen LogP contribution is 2.49. The first-order valence-corrected chi connectivity index (χ1v) is 16.7. The molecule has 0 spiro atoms. The Balaban J connectivity index is 1.02. The van der Waals surface area contributed by atoms with E-state index in [-0.39, 0.29) is 33.8 Å². The summed E-state index contributed by atoms with van der Waals surface area (Å²) in [5.74, 6) is -0.481. The summed E-state index contributed by atoms with van der Waals surface area (Å²) in [7, 11) is 0.700. The number of halogens is 3. The van der Waals surface area contributed by atoms with Crippen LogP contribution in [0.1, 0.15) is 69.8 Å². The second-order valence-corrected chi connectivity index (χ2v) is 14.1. The van der Waals surface area contributed by atoms with Crippen molar-refractivity contribution in [2.75, 3.05) is 19.7 Å². The largest absolute Gasteiger partial charge is 0.480 e. The number of hydrogen-bond donors (Lipinski definition) is 1. The lowest BCUT2D eigenvalue weighted by molar-refractivity contribution is -0.0494. The van der Waals surface area contributed by atoms with Gasteiger partial charge in [-0.2, -0.15) is 0 Å². The molecule has 3 saturated heterocycles. The number of likely N-dealkylation sites (tertiary alicyclic amines) is 1. The highest BCUT2D eigenvalue weighted by Gasteiger charge is 2.49. The smallest absolute Gasteiger partial charge is 0.337 e. The SMILES string of the molecule is O=C(O)c1cnc2nc(CN3CCC(c4cccc5c4OC(c4ccc(Cl)cc4F)C=C5F)CC3)n(C3[Si]C3C3CCO3)c2c1. The van der Waals surface area contributed by atoms with Crippen LogP contribution in [0.5, 0.6) is 5.75 Å². The van der Waals surface area contributed by atoms with E-state index in [1.807, 2.05) is 12.1 Å². The van der Waals surface area contributed by atoms with Gasteiger partial charge in [0, 0.05) is 29.1 Å². The number of piperidine rings is 1. The quantitative estimate of drug-likeness (QED) is 0.228. The summed E-state index contributed by atoms with van der Waals surface area (Å²) in [5.41, 5.74) is 3.69. The molecule has 4 aliphatic rings. The first kappa shape index (κ1) is 28.8. The Hall–Kier alpha value is -3.64. The van der Waals surface area contributed by atoms with Gasteiger partial charge in [0.2, 0.25) is 0 Å². The second-order valence-electron chi connectivity index (χ2n) is 12.1. The van der Waals surface area contributed by atoms with Crippen LogP contribution in [-0.4, -0.2) is 65.8 Å².